The van der Waals surface area contributed by atoms with Crippen LogP contribution in [0.2, 0.25) is 6.04 Å². The second kappa shape index (κ2) is 15.5. The molecule has 0 aliphatic carbocycles. The highest BCUT2D eigenvalue weighted by molar-refractivity contribution is 6.93. The van der Waals surface area contributed by atoms with Crippen molar-refractivity contribution in [2.24, 2.45) is 0 Å². The number of rotatable bonds is 13. The van der Waals surface area contributed by atoms with Gasteiger partial charge in [-0.15, -0.1) is 0 Å². The Labute approximate surface area is 110 Å². The van der Waals surface area contributed by atoms with Crippen LogP contribution in [0.4, 0.5) is 0 Å². The summed E-state index contributed by atoms with van der Waals surface area (Å²) in [6.45, 7) is 2.28. The molecule has 0 bridgehead atoms. The highest BCUT2D eigenvalue weighted by atomic mass is 35.6. The topological polar surface area (TPSA) is 0 Å². The van der Waals surface area contributed by atoms with E-state index in [4.69, 9.17) is 11.1 Å². The summed E-state index contributed by atoms with van der Waals surface area (Å²) in [5, 5.41) is 0. The normalized spacial score (nSPS) is 10.9. The van der Waals surface area contributed by atoms with E-state index >= 15 is 0 Å². The van der Waals surface area contributed by atoms with Gasteiger partial charge in [-0.05, 0) is 6.04 Å². The summed E-state index contributed by atoms with van der Waals surface area (Å²) >= 11 is 5.66. The Morgan fingerprint density at radius 3 is 1.38 bits per heavy atom. The van der Waals surface area contributed by atoms with Crippen LogP contribution in [0.3, 0.4) is 0 Å². The van der Waals surface area contributed by atoms with E-state index in [2.05, 4.69) is 6.92 Å². The second-order valence-electron chi connectivity index (χ2n) is 4.77. The molecule has 0 N–H and O–H groups in total. The molecule has 0 amide bonds. The van der Waals surface area contributed by atoms with Gasteiger partial charge in [0.2, 0.25) is 0 Å². The molecule has 16 heavy (non-hydrogen) atoms. The van der Waals surface area contributed by atoms with E-state index in [-0.39, 0.29) is 0 Å². The van der Waals surface area contributed by atoms with E-state index in [1.165, 1.54) is 83.1 Å². The summed E-state index contributed by atoms with van der Waals surface area (Å²) in [5.41, 5.74) is 0. The van der Waals surface area contributed by atoms with Crippen LogP contribution in [0, 0.1) is 0 Å². The van der Waals surface area contributed by atoms with Crippen molar-refractivity contribution in [3.8, 4) is 0 Å². The van der Waals surface area contributed by atoms with Crippen molar-refractivity contribution in [1.82, 2.24) is 0 Å². The maximum absolute atomic E-state index is 5.66. The zero-order valence-electron chi connectivity index (χ0n) is 11.1. The van der Waals surface area contributed by atoms with Gasteiger partial charge in [0.25, 0.3) is 0 Å². The summed E-state index contributed by atoms with van der Waals surface area (Å²) in [7, 11) is 0.642. The molecule has 0 aromatic heterocycles. The lowest BCUT2D eigenvalue weighted by atomic mass is 10.1. The van der Waals surface area contributed by atoms with Crippen LogP contribution in [0.15, 0.2) is 0 Å². The number of halogens is 1. The quantitative estimate of drug-likeness (QED) is 0.218. The first kappa shape index (κ1) is 16.5. The van der Waals surface area contributed by atoms with Gasteiger partial charge in [-0.2, -0.15) is 11.1 Å². The fraction of sp³-hybridized carbons (Fsp3) is 1.00. The van der Waals surface area contributed by atoms with E-state index < -0.39 is 0 Å². The van der Waals surface area contributed by atoms with Gasteiger partial charge in [-0.3, -0.25) is 0 Å². The minimum atomic E-state index is 0.642. The van der Waals surface area contributed by atoms with Crippen molar-refractivity contribution in [2.75, 3.05) is 0 Å². The van der Waals surface area contributed by atoms with Gasteiger partial charge in [-0.1, -0.05) is 84.0 Å². The third-order valence-corrected chi connectivity index (χ3v) is 4.23. The predicted octanol–water partition coefficient (Wildman–Crippen LogP) is 5.96. The molecule has 0 aromatic carbocycles. The maximum Gasteiger partial charge on any atom is 0.171 e. The van der Waals surface area contributed by atoms with Crippen molar-refractivity contribution in [2.45, 2.75) is 90.0 Å². The van der Waals surface area contributed by atoms with Crippen molar-refractivity contribution < 1.29 is 0 Å². The molecule has 0 fully saturated rings. The second-order valence-corrected chi connectivity index (χ2v) is 6.34. The van der Waals surface area contributed by atoms with Gasteiger partial charge in [0.1, 0.15) is 0 Å². The van der Waals surface area contributed by atoms with Crippen LogP contribution in [0.25, 0.3) is 0 Å². The summed E-state index contributed by atoms with van der Waals surface area (Å²) < 4.78 is 0. The first-order chi connectivity index (χ1) is 7.91. The number of unbranched alkanes of at least 4 members (excludes halogenated alkanes) is 11. The maximum atomic E-state index is 5.66. The lowest BCUT2D eigenvalue weighted by Gasteiger charge is -2.02. The van der Waals surface area contributed by atoms with Gasteiger partial charge in [0.05, 0.1) is 0 Å². The van der Waals surface area contributed by atoms with Crippen molar-refractivity contribution >= 4 is 19.9 Å². The Balaban J connectivity index is 2.83. The molecule has 0 spiro atoms. The van der Waals surface area contributed by atoms with Gasteiger partial charge < -0.3 is 0 Å². The Morgan fingerprint density at radius 2 is 1.00 bits per heavy atom. The Kier molecular flexibility index (Phi) is 16.0. The van der Waals surface area contributed by atoms with E-state index in [1.54, 1.807) is 0 Å². The molecule has 0 rings (SSSR count). The molecule has 0 unspecified atom stereocenters. The lowest BCUT2D eigenvalue weighted by molar-refractivity contribution is 0.548. The van der Waals surface area contributed by atoms with Crippen LogP contribution in [-0.2, 0) is 0 Å². The molecule has 0 atom stereocenters. The molecule has 2 heteroatoms. The van der Waals surface area contributed by atoms with Crippen LogP contribution in [0.5, 0.6) is 0 Å². The summed E-state index contributed by atoms with van der Waals surface area (Å²) in [4.78, 5) is 0. The first-order valence-electron chi connectivity index (χ1n) is 7.25. The van der Waals surface area contributed by atoms with Crippen LogP contribution in [-0.4, -0.2) is 8.83 Å². The minimum Gasteiger partial charge on any atom is -0.171 e. The standard InChI is InChI=1S/C14H29ClSi/c1-2-3-4-5-6-7-8-9-10-11-12-13-14-16-15/h2-14H2,1H3. The third kappa shape index (κ3) is 14.5. The molecule has 0 saturated heterocycles. The van der Waals surface area contributed by atoms with E-state index in [1.807, 2.05) is 0 Å². The van der Waals surface area contributed by atoms with E-state index in [9.17, 15) is 0 Å². The zero-order chi connectivity index (χ0) is 11.9. The minimum absolute atomic E-state index is 0.642. The average molecular weight is 261 g/mol. The highest BCUT2D eigenvalue weighted by Crippen LogP contribution is 2.12. The molecular weight excluding hydrogens is 232 g/mol. The Hall–Kier alpha value is 0.507. The van der Waals surface area contributed by atoms with Crippen LogP contribution in [0.1, 0.15) is 84.0 Å². The molecular formula is C14H29ClSi. The Bertz CT molecular complexity index is 103. The van der Waals surface area contributed by atoms with Gasteiger partial charge in [0, 0.05) is 0 Å². The Morgan fingerprint density at radius 1 is 0.625 bits per heavy atom. The van der Waals surface area contributed by atoms with Crippen molar-refractivity contribution in [3.05, 3.63) is 0 Å². The molecule has 0 nitrogen and oxygen atoms in total. The summed E-state index contributed by atoms with van der Waals surface area (Å²) in [5.74, 6) is 0. The monoisotopic (exact) mass is 260 g/mol. The third-order valence-electron chi connectivity index (χ3n) is 3.12. The smallest absolute Gasteiger partial charge is 0.171 e. The molecule has 0 aliphatic heterocycles. The number of hydrogen-bond acceptors (Lipinski definition) is 0. The molecule has 0 aliphatic rings. The lowest BCUT2D eigenvalue weighted by Crippen LogP contribution is -1.83. The fourth-order valence-electron chi connectivity index (χ4n) is 2.03. The fourth-order valence-corrected chi connectivity index (χ4v) is 2.82. The van der Waals surface area contributed by atoms with Crippen molar-refractivity contribution in [1.29, 1.82) is 0 Å². The largest absolute Gasteiger partial charge is 0.171 e. The molecule has 0 heterocycles. The first-order valence-corrected chi connectivity index (χ1v) is 9.47. The number of hydrogen-bond donors (Lipinski definition) is 0. The van der Waals surface area contributed by atoms with Crippen LogP contribution >= 0.6 is 11.1 Å². The molecule has 2 radical (unpaired) electrons. The van der Waals surface area contributed by atoms with Gasteiger partial charge in [-0.25, -0.2) is 0 Å². The van der Waals surface area contributed by atoms with Crippen LogP contribution < -0.4 is 0 Å². The van der Waals surface area contributed by atoms with E-state index in [0.29, 0.717) is 8.83 Å². The zero-order valence-corrected chi connectivity index (χ0v) is 12.8. The molecule has 96 valence electrons. The molecule has 0 aromatic rings. The van der Waals surface area contributed by atoms with Crippen molar-refractivity contribution in [3.63, 3.8) is 0 Å². The van der Waals surface area contributed by atoms with E-state index in [0.717, 1.165) is 0 Å². The highest BCUT2D eigenvalue weighted by Gasteiger charge is 1.93. The van der Waals surface area contributed by atoms with Gasteiger partial charge >= 0.3 is 0 Å². The summed E-state index contributed by atoms with van der Waals surface area (Å²) in [6.07, 6.45) is 17.2. The van der Waals surface area contributed by atoms with Gasteiger partial charge in [0.15, 0.2) is 8.83 Å². The average Bonchev–Trinajstić information content (AvgIpc) is 2.31. The predicted molar refractivity (Wildman–Crippen MR) is 77.5 cm³/mol. The SMILES string of the molecule is CCCCCCCCCCCCCC[Si]Cl. The summed E-state index contributed by atoms with van der Waals surface area (Å²) in [6, 6.07) is 1.24. The molecule has 0 saturated carbocycles.